The van der Waals surface area contributed by atoms with Crippen LogP contribution in [-0.2, 0) is 9.57 Å². The van der Waals surface area contributed by atoms with Gasteiger partial charge in [-0.25, -0.2) is 0 Å². The Kier molecular flexibility index (Phi) is 5.74. The number of nitrogens with two attached hydrogens (primary N) is 1. The minimum absolute atomic E-state index is 0.0689. The molecular formula is C15H28N5O2-. The topological polar surface area (TPSA) is 95.7 Å². The van der Waals surface area contributed by atoms with E-state index in [2.05, 4.69) is 41.8 Å². The van der Waals surface area contributed by atoms with Gasteiger partial charge in [0.15, 0.2) is 6.40 Å². The highest BCUT2D eigenvalue weighted by Gasteiger charge is 2.44. The molecule has 22 heavy (non-hydrogen) atoms. The Labute approximate surface area is 132 Å². The summed E-state index contributed by atoms with van der Waals surface area (Å²) in [5.74, 6) is 5.61. The molecule has 1 atom stereocenters. The molecule has 2 rings (SSSR count). The van der Waals surface area contributed by atoms with Gasteiger partial charge in [0, 0.05) is 6.61 Å². The van der Waals surface area contributed by atoms with E-state index in [4.69, 9.17) is 15.4 Å². The zero-order valence-electron chi connectivity index (χ0n) is 13.9. The van der Waals surface area contributed by atoms with Crippen molar-refractivity contribution in [1.82, 2.24) is 0 Å². The fraction of sp³-hybridized carbons (Fsp3) is 0.933. The van der Waals surface area contributed by atoms with Crippen molar-refractivity contribution in [2.45, 2.75) is 70.9 Å². The second kappa shape index (κ2) is 7.37. The van der Waals surface area contributed by atoms with Crippen molar-refractivity contribution in [3.05, 3.63) is 5.48 Å². The van der Waals surface area contributed by atoms with Gasteiger partial charge in [0.25, 0.3) is 0 Å². The molecule has 0 radical (unpaired) electrons. The average molecular weight is 310 g/mol. The van der Waals surface area contributed by atoms with Crippen molar-refractivity contribution in [2.24, 2.45) is 32.7 Å². The molecular weight excluding hydrogens is 282 g/mol. The highest BCUT2D eigenvalue weighted by molar-refractivity contribution is 5.46. The van der Waals surface area contributed by atoms with Gasteiger partial charge in [-0.1, -0.05) is 38.5 Å². The third-order valence-electron chi connectivity index (χ3n) is 5.62. The standard InChI is InChI=1S/C15H28N5O2/c1-4-14(2,3)12-5-8-15(9-6-12)13(7-10-21-15)18-22-11-17-20-19-16/h11-13H,4-10H2,1-3H3,(H2,16,20)/q-1/b17-11+. The zero-order chi connectivity index (χ0) is 16.1. The number of hydroxylamine groups is 1. The van der Waals surface area contributed by atoms with Crippen molar-refractivity contribution >= 4 is 6.40 Å². The summed E-state index contributed by atoms with van der Waals surface area (Å²) >= 11 is 0. The van der Waals surface area contributed by atoms with Crippen molar-refractivity contribution in [1.29, 1.82) is 0 Å². The first-order chi connectivity index (χ1) is 10.5. The van der Waals surface area contributed by atoms with Crippen LogP contribution in [0.25, 0.3) is 5.48 Å². The van der Waals surface area contributed by atoms with Crippen molar-refractivity contribution < 1.29 is 9.57 Å². The Morgan fingerprint density at radius 2 is 2.09 bits per heavy atom. The second-order valence-electron chi connectivity index (χ2n) is 6.97. The molecule has 126 valence electrons. The molecule has 7 nitrogen and oxygen atoms in total. The van der Waals surface area contributed by atoms with Gasteiger partial charge in [0.05, 0.1) is 5.60 Å². The van der Waals surface area contributed by atoms with Crippen LogP contribution in [0.2, 0.25) is 0 Å². The van der Waals surface area contributed by atoms with Crippen LogP contribution in [-0.4, -0.2) is 24.7 Å². The molecule has 1 saturated heterocycles. The lowest BCUT2D eigenvalue weighted by atomic mass is 9.65. The molecule has 2 fully saturated rings. The summed E-state index contributed by atoms with van der Waals surface area (Å²) < 4.78 is 6.09. The normalized spacial score (nSPS) is 33.2. The number of hydrogen-bond acceptors (Lipinski definition) is 4. The van der Waals surface area contributed by atoms with Gasteiger partial charge in [-0.05, 0) is 48.7 Å². The summed E-state index contributed by atoms with van der Waals surface area (Å²) in [6, 6.07) is 0.0689. The Morgan fingerprint density at radius 1 is 1.36 bits per heavy atom. The summed E-state index contributed by atoms with van der Waals surface area (Å²) in [6.45, 7) is 7.77. The zero-order valence-corrected chi connectivity index (χ0v) is 13.9. The van der Waals surface area contributed by atoms with Crippen molar-refractivity contribution in [2.75, 3.05) is 6.61 Å². The van der Waals surface area contributed by atoms with Gasteiger partial charge in [-0.2, -0.15) is 0 Å². The summed E-state index contributed by atoms with van der Waals surface area (Å²) in [6.07, 6.45) is 7.76. The smallest absolute Gasteiger partial charge is 0.181 e. The predicted molar refractivity (Wildman–Crippen MR) is 85.1 cm³/mol. The van der Waals surface area contributed by atoms with Gasteiger partial charge < -0.3 is 20.9 Å². The fourth-order valence-electron chi connectivity index (χ4n) is 3.71. The Balaban J connectivity index is 1.88. The van der Waals surface area contributed by atoms with E-state index >= 15 is 0 Å². The first-order valence-corrected chi connectivity index (χ1v) is 8.16. The molecule has 1 spiro atoms. The molecule has 0 aromatic carbocycles. The summed E-state index contributed by atoms with van der Waals surface area (Å²) in [7, 11) is 0. The molecule has 1 saturated carbocycles. The molecule has 2 N–H and O–H groups in total. The van der Waals surface area contributed by atoms with Gasteiger partial charge in [-0.15, -0.1) is 5.10 Å². The Bertz CT molecular complexity index is 403. The molecule has 0 bridgehead atoms. The van der Waals surface area contributed by atoms with Crippen LogP contribution >= 0.6 is 0 Å². The van der Waals surface area contributed by atoms with Crippen LogP contribution in [0.3, 0.4) is 0 Å². The fourth-order valence-corrected chi connectivity index (χ4v) is 3.71. The molecule has 7 heteroatoms. The van der Waals surface area contributed by atoms with Crippen molar-refractivity contribution in [3.8, 4) is 0 Å². The third-order valence-corrected chi connectivity index (χ3v) is 5.62. The molecule has 1 heterocycles. The van der Waals surface area contributed by atoms with E-state index < -0.39 is 0 Å². The van der Waals surface area contributed by atoms with E-state index in [9.17, 15) is 0 Å². The lowest BCUT2D eigenvalue weighted by molar-refractivity contribution is -0.0555. The van der Waals surface area contributed by atoms with Gasteiger partial charge >= 0.3 is 0 Å². The van der Waals surface area contributed by atoms with E-state index in [1.165, 1.54) is 19.3 Å². The first-order valence-electron chi connectivity index (χ1n) is 8.16. The van der Waals surface area contributed by atoms with Crippen LogP contribution < -0.4 is 5.84 Å². The van der Waals surface area contributed by atoms with Crippen LogP contribution in [0.5, 0.6) is 0 Å². The molecule has 2 aliphatic rings. The molecule has 1 aliphatic heterocycles. The molecule has 0 amide bonds. The minimum atomic E-state index is -0.149. The highest BCUT2D eigenvalue weighted by atomic mass is 16.6. The highest BCUT2D eigenvalue weighted by Crippen LogP contribution is 2.49. The number of hydrogen-bond donors (Lipinski definition) is 1. The summed E-state index contributed by atoms with van der Waals surface area (Å²) in [5.41, 5.74) is 4.52. The minimum Gasteiger partial charge on any atom is -0.578 e. The Morgan fingerprint density at radius 3 is 2.73 bits per heavy atom. The molecule has 1 aliphatic carbocycles. The number of rotatable bonds is 6. The number of nitrogens with zero attached hydrogens (tertiary/aromatic N) is 4. The SMILES string of the molecule is CCC(C)(C)C1CCC2(CC1)OCCC2[N-]O/C=N/N=N/N. The number of ether oxygens (including phenoxy) is 1. The van der Waals surface area contributed by atoms with Gasteiger partial charge in [0.1, 0.15) is 0 Å². The molecule has 0 aromatic rings. The quantitative estimate of drug-likeness (QED) is 0.266. The third kappa shape index (κ3) is 3.76. The van der Waals surface area contributed by atoms with Crippen LogP contribution in [0, 0.1) is 11.3 Å². The van der Waals surface area contributed by atoms with E-state index in [1.807, 2.05) is 0 Å². The van der Waals surface area contributed by atoms with Crippen LogP contribution in [0.15, 0.2) is 15.5 Å². The predicted octanol–water partition coefficient (Wildman–Crippen LogP) is 3.72. The monoisotopic (exact) mass is 310 g/mol. The first kappa shape index (κ1) is 17.1. The molecule has 0 aromatic heterocycles. The van der Waals surface area contributed by atoms with Crippen molar-refractivity contribution in [3.63, 3.8) is 0 Å². The van der Waals surface area contributed by atoms with E-state index in [0.29, 0.717) is 5.41 Å². The summed E-state index contributed by atoms with van der Waals surface area (Å²) in [5, 5.41) is 9.74. The van der Waals surface area contributed by atoms with E-state index in [0.717, 1.165) is 38.2 Å². The molecule has 1 unspecified atom stereocenters. The summed E-state index contributed by atoms with van der Waals surface area (Å²) in [4.78, 5) is 5.11. The lowest BCUT2D eigenvalue weighted by Gasteiger charge is -2.48. The van der Waals surface area contributed by atoms with Crippen LogP contribution in [0.4, 0.5) is 0 Å². The van der Waals surface area contributed by atoms with Gasteiger partial charge in [0.2, 0.25) is 0 Å². The van der Waals surface area contributed by atoms with E-state index in [-0.39, 0.29) is 11.6 Å². The average Bonchev–Trinajstić information content (AvgIpc) is 2.90. The lowest BCUT2D eigenvalue weighted by Crippen LogP contribution is -2.44. The maximum Gasteiger partial charge on any atom is 0.181 e. The van der Waals surface area contributed by atoms with Gasteiger partial charge in [-0.3, -0.25) is 0 Å². The Hall–Kier alpha value is -1.21. The maximum absolute atomic E-state index is 6.09. The second-order valence-corrected chi connectivity index (χ2v) is 6.97. The largest absolute Gasteiger partial charge is 0.578 e. The van der Waals surface area contributed by atoms with Crippen LogP contribution in [0.1, 0.15) is 59.3 Å². The maximum atomic E-state index is 6.09. The van der Waals surface area contributed by atoms with E-state index in [1.54, 1.807) is 0 Å².